The van der Waals surface area contributed by atoms with Crippen molar-refractivity contribution in [3.8, 4) is 0 Å². The molecule has 1 heterocycles. The molecule has 1 aromatic heterocycles. The number of aliphatic imine (C=N–C) groups is 1. The van der Waals surface area contributed by atoms with Gasteiger partial charge in [-0.25, -0.2) is 0 Å². The predicted octanol–water partition coefficient (Wildman–Crippen LogP) is 2.82. The average molecular weight is 335 g/mol. The van der Waals surface area contributed by atoms with Crippen LogP contribution in [0.1, 0.15) is 11.1 Å². The smallest absolute Gasteiger partial charge is 0.193 e. The molecule has 1 N–H and O–H groups in total. The Kier molecular flexibility index (Phi) is 5.33. The number of hydrogen-bond acceptors (Lipinski definition) is 2. The van der Waals surface area contributed by atoms with Crippen LogP contribution >= 0.6 is 0 Å². The van der Waals surface area contributed by atoms with E-state index in [0.717, 1.165) is 25.5 Å². The highest BCUT2D eigenvalue weighted by Crippen LogP contribution is 2.18. The lowest BCUT2D eigenvalue weighted by Crippen LogP contribution is -2.39. The molecule has 0 unspecified atom stereocenters. The zero-order valence-corrected chi connectivity index (χ0v) is 15.1. The first kappa shape index (κ1) is 17.0. The number of fused-ring (bicyclic) bond motifs is 1. The molecule has 0 atom stereocenters. The fourth-order valence-corrected chi connectivity index (χ4v) is 3.11. The molecule has 0 spiro atoms. The molecule has 5 heteroatoms. The van der Waals surface area contributed by atoms with Crippen LogP contribution in [0.5, 0.6) is 0 Å². The summed E-state index contributed by atoms with van der Waals surface area (Å²) in [5, 5.41) is 10.3. The van der Waals surface area contributed by atoms with Gasteiger partial charge in [0.15, 0.2) is 5.96 Å². The number of guanidine groups is 1. The average Bonchev–Trinajstić information content (AvgIpc) is 3.03. The van der Waals surface area contributed by atoms with Gasteiger partial charge in [-0.3, -0.25) is 9.67 Å². The first-order chi connectivity index (χ1) is 12.2. The van der Waals surface area contributed by atoms with Crippen LogP contribution in [-0.4, -0.2) is 41.3 Å². The minimum atomic E-state index is 0.780. The molecule has 0 fully saturated rings. The molecule has 0 radical (unpaired) electrons. The third-order valence-corrected chi connectivity index (χ3v) is 4.31. The fraction of sp³-hybridized carbons (Fsp3) is 0.300. The Morgan fingerprint density at radius 2 is 2.00 bits per heavy atom. The number of rotatable bonds is 5. The van der Waals surface area contributed by atoms with Gasteiger partial charge in [-0.2, -0.15) is 5.10 Å². The van der Waals surface area contributed by atoms with E-state index in [2.05, 4.69) is 62.8 Å². The minimum Gasteiger partial charge on any atom is -0.356 e. The van der Waals surface area contributed by atoms with Gasteiger partial charge in [0.25, 0.3) is 0 Å². The van der Waals surface area contributed by atoms with Crippen molar-refractivity contribution in [3.05, 3.63) is 66.0 Å². The third-order valence-electron chi connectivity index (χ3n) is 4.31. The lowest BCUT2D eigenvalue weighted by molar-refractivity contribution is 0.477. The summed E-state index contributed by atoms with van der Waals surface area (Å²) in [6.07, 6.45) is 4.88. The monoisotopic (exact) mass is 335 g/mol. The number of nitrogens with one attached hydrogen (secondary N) is 1. The van der Waals surface area contributed by atoms with Gasteiger partial charge >= 0.3 is 0 Å². The van der Waals surface area contributed by atoms with Gasteiger partial charge in [0.05, 0.1) is 6.20 Å². The summed E-state index contributed by atoms with van der Waals surface area (Å²) in [7, 11) is 5.79. The molecule has 0 amide bonds. The number of benzene rings is 2. The van der Waals surface area contributed by atoms with E-state index in [0.29, 0.717) is 0 Å². The number of hydrogen-bond donors (Lipinski definition) is 1. The van der Waals surface area contributed by atoms with Gasteiger partial charge in [0.2, 0.25) is 0 Å². The standard InChI is InChI=1S/C20H25N5/c1-21-20(24(2)14-16-13-23-25(3)15-16)22-12-11-18-9-6-8-17-7-4-5-10-19(17)18/h4-10,13,15H,11-12,14H2,1-3H3,(H,21,22). The Morgan fingerprint density at radius 1 is 1.20 bits per heavy atom. The van der Waals surface area contributed by atoms with Crippen molar-refractivity contribution in [1.29, 1.82) is 0 Å². The van der Waals surface area contributed by atoms with Crippen LogP contribution in [0, 0.1) is 0 Å². The molecule has 0 aliphatic carbocycles. The normalized spacial score (nSPS) is 11.7. The van der Waals surface area contributed by atoms with Crippen LogP contribution in [0.15, 0.2) is 59.9 Å². The van der Waals surface area contributed by atoms with Crippen LogP contribution < -0.4 is 5.32 Å². The molecular formula is C20H25N5. The molecule has 3 rings (SSSR count). The first-order valence-corrected chi connectivity index (χ1v) is 8.53. The van der Waals surface area contributed by atoms with Crippen molar-refractivity contribution in [2.45, 2.75) is 13.0 Å². The summed E-state index contributed by atoms with van der Waals surface area (Å²) in [5.41, 5.74) is 2.53. The molecule has 0 bridgehead atoms. The zero-order chi connectivity index (χ0) is 17.6. The minimum absolute atomic E-state index is 0.780. The van der Waals surface area contributed by atoms with Crippen LogP contribution in [0.2, 0.25) is 0 Å². The van der Waals surface area contributed by atoms with E-state index < -0.39 is 0 Å². The van der Waals surface area contributed by atoms with Gasteiger partial charge < -0.3 is 10.2 Å². The Morgan fingerprint density at radius 3 is 2.76 bits per heavy atom. The second-order valence-electron chi connectivity index (χ2n) is 6.24. The van der Waals surface area contributed by atoms with Gasteiger partial charge in [-0.1, -0.05) is 42.5 Å². The van der Waals surface area contributed by atoms with Crippen molar-refractivity contribution in [1.82, 2.24) is 20.0 Å². The van der Waals surface area contributed by atoms with Gasteiger partial charge in [-0.15, -0.1) is 0 Å². The van der Waals surface area contributed by atoms with Crippen molar-refractivity contribution in [3.63, 3.8) is 0 Å². The first-order valence-electron chi connectivity index (χ1n) is 8.53. The summed E-state index contributed by atoms with van der Waals surface area (Å²) >= 11 is 0. The number of aromatic nitrogens is 2. The lowest BCUT2D eigenvalue weighted by Gasteiger charge is -2.21. The Balaban J connectivity index is 1.59. The quantitative estimate of drug-likeness (QED) is 0.576. The number of nitrogens with zero attached hydrogens (tertiary/aromatic N) is 4. The summed E-state index contributed by atoms with van der Waals surface area (Å²) < 4.78 is 1.82. The van der Waals surface area contributed by atoms with E-state index in [4.69, 9.17) is 0 Å². The summed E-state index contributed by atoms with van der Waals surface area (Å²) in [5.74, 6) is 0.893. The molecule has 0 aliphatic rings. The largest absolute Gasteiger partial charge is 0.356 e. The van der Waals surface area contributed by atoms with Crippen LogP contribution in [-0.2, 0) is 20.0 Å². The zero-order valence-electron chi connectivity index (χ0n) is 15.1. The molecular weight excluding hydrogens is 310 g/mol. The summed E-state index contributed by atoms with van der Waals surface area (Å²) in [6, 6.07) is 15.0. The summed E-state index contributed by atoms with van der Waals surface area (Å²) in [6.45, 7) is 1.62. The van der Waals surface area contributed by atoms with Crippen molar-refractivity contribution >= 4 is 16.7 Å². The lowest BCUT2D eigenvalue weighted by atomic mass is 10.0. The molecule has 5 nitrogen and oxygen atoms in total. The van der Waals surface area contributed by atoms with E-state index in [1.807, 2.05) is 38.2 Å². The second kappa shape index (κ2) is 7.83. The maximum Gasteiger partial charge on any atom is 0.193 e. The third kappa shape index (κ3) is 4.18. The topological polar surface area (TPSA) is 45.5 Å². The predicted molar refractivity (Wildman–Crippen MR) is 104 cm³/mol. The van der Waals surface area contributed by atoms with E-state index in [1.165, 1.54) is 21.9 Å². The molecule has 3 aromatic rings. The Labute approximate surface area is 149 Å². The molecule has 130 valence electrons. The second-order valence-corrected chi connectivity index (χ2v) is 6.24. The van der Waals surface area contributed by atoms with Crippen LogP contribution in [0.25, 0.3) is 10.8 Å². The summed E-state index contributed by atoms with van der Waals surface area (Å²) in [4.78, 5) is 6.50. The van der Waals surface area contributed by atoms with Crippen LogP contribution in [0.4, 0.5) is 0 Å². The van der Waals surface area contributed by atoms with E-state index in [1.54, 1.807) is 0 Å². The molecule has 0 saturated heterocycles. The maximum absolute atomic E-state index is 4.39. The maximum atomic E-state index is 4.39. The Bertz CT molecular complexity index is 860. The highest BCUT2D eigenvalue weighted by molar-refractivity contribution is 5.85. The van der Waals surface area contributed by atoms with Crippen molar-refractivity contribution < 1.29 is 0 Å². The molecule has 2 aromatic carbocycles. The van der Waals surface area contributed by atoms with Crippen LogP contribution in [0.3, 0.4) is 0 Å². The van der Waals surface area contributed by atoms with Gasteiger partial charge in [0, 0.05) is 46.0 Å². The SMILES string of the molecule is CN=C(NCCc1cccc2ccccc12)N(C)Cc1cnn(C)c1. The van der Waals surface area contributed by atoms with E-state index in [9.17, 15) is 0 Å². The van der Waals surface area contributed by atoms with E-state index >= 15 is 0 Å². The Hall–Kier alpha value is -2.82. The molecule has 0 aliphatic heterocycles. The molecule has 0 saturated carbocycles. The fourth-order valence-electron chi connectivity index (χ4n) is 3.11. The van der Waals surface area contributed by atoms with Crippen molar-refractivity contribution in [2.24, 2.45) is 12.0 Å². The van der Waals surface area contributed by atoms with Gasteiger partial charge in [0.1, 0.15) is 0 Å². The van der Waals surface area contributed by atoms with E-state index in [-0.39, 0.29) is 0 Å². The van der Waals surface area contributed by atoms with Gasteiger partial charge in [-0.05, 0) is 22.8 Å². The molecule has 25 heavy (non-hydrogen) atoms. The van der Waals surface area contributed by atoms with Crippen molar-refractivity contribution in [2.75, 3.05) is 20.6 Å². The number of aryl methyl sites for hydroxylation is 1. The highest BCUT2D eigenvalue weighted by atomic mass is 15.3. The highest BCUT2D eigenvalue weighted by Gasteiger charge is 2.08.